The van der Waals surface area contributed by atoms with Crippen LogP contribution in [0.2, 0.25) is 0 Å². The van der Waals surface area contributed by atoms with Crippen molar-refractivity contribution in [1.29, 1.82) is 5.26 Å². The van der Waals surface area contributed by atoms with Crippen LogP contribution in [0.25, 0.3) is 0 Å². The summed E-state index contributed by atoms with van der Waals surface area (Å²) >= 11 is 0. The number of amides is 2. The lowest BCUT2D eigenvalue weighted by molar-refractivity contribution is -0.139. The van der Waals surface area contributed by atoms with Gasteiger partial charge in [-0.05, 0) is 6.07 Å². The van der Waals surface area contributed by atoms with Gasteiger partial charge in [0.1, 0.15) is 6.54 Å². The van der Waals surface area contributed by atoms with E-state index in [1.165, 1.54) is 0 Å². The van der Waals surface area contributed by atoms with Crippen LogP contribution in [0, 0.1) is 11.3 Å². The normalized spacial score (nSPS) is 9.25. The Morgan fingerprint density at radius 3 is 2.75 bits per heavy atom. The molecule has 1 aromatic rings. The second kappa shape index (κ2) is 5.50. The molecule has 2 amide bonds. The standard InChI is InChI=1S/C9H11N5O2/c1-14-7(2-4-13-14)6-12-9(16)8(15)11-5-3-10/h2,4H,5-6H2,1H3,(H,11,15)(H,12,16). The van der Waals surface area contributed by atoms with Crippen LogP contribution in [0.3, 0.4) is 0 Å². The van der Waals surface area contributed by atoms with Crippen LogP contribution in [-0.4, -0.2) is 28.1 Å². The Kier molecular flexibility index (Phi) is 4.03. The fraction of sp³-hybridized carbons (Fsp3) is 0.333. The number of carbonyl (C=O) groups is 2. The number of aromatic nitrogens is 2. The van der Waals surface area contributed by atoms with E-state index < -0.39 is 11.8 Å². The molecule has 84 valence electrons. The molecular weight excluding hydrogens is 210 g/mol. The van der Waals surface area contributed by atoms with Gasteiger partial charge in [-0.15, -0.1) is 0 Å². The molecule has 0 saturated heterocycles. The molecule has 0 unspecified atom stereocenters. The van der Waals surface area contributed by atoms with E-state index in [9.17, 15) is 9.59 Å². The monoisotopic (exact) mass is 221 g/mol. The summed E-state index contributed by atoms with van der Waals surface area (Å²) in [7, 11) is 1.73. The Morgan fingerprint density at radius 2 is 2.19 bits per heavy atom. The van der Waals surface area contributed by atoms with Gasteiger partial charge >= 0.3 is 11.8 Å². The summed E-state index contributed by atoms with van der Waals surface area (Å²) in [5.41, 5.74) is 0.779. The highest BCUT2D eigenvalue weighted by atomic mass is 16.2. The number of carbonyl (C=O) groups excluding carboxylic acids is 2. The molecule has 0 bridgehead atoms. The predicted octanol–water partition coefficient (Wildman–Crippen LogP) is -1.32. The highest BCUT2D eigenvalue weighted by Gasteiger charge is 2.12. The van der Waals surface area contributed by atoms with Crippen LogP contribution in [0.5, 0.6) is 0 Å². The summed E-state index contributed by atoms with van der Waals surface area (Å²) in [5.74, 6) is -1.58. The molecule has 7 nitrogen and oxygen atoms in total. The number of nitrogens with one attached hydrogen (secondary N) is 2. The summed E-state index contributed by atoms with van der Waals surface area (Å²) in [5, 5.41) is 16.7. The minimum atomic E-state index is -0.816. The second-order valence-electron chi connectivity index (χ2n) is 2.97. The summed E-state index contributed by atoms with van der Waals surface area (Å²) < 4.78 is 1.59. The van der Waals surface area contributed by atoms with Crippen molar-refractivity contribution in [2.24, 2.45) is 7.05 Å². The quantitative estimate of drug-likeness (QED) is 0.488. The molecule has 7 heteroatoms. The fourth-order valence-electron chi connectivity index (χ4n) is 1.03. The summed E-state index contributed by atoms with van der Waals surface area (Å²) in [6.07, 6.45) is 1.59. The number of hydrogen-bond donors (Lipinski definition) is 2. The summed E-state index contributed by atoms with van der Waals surface area (Å²) in [6.45, 7) is 0.0350. The average molecular weight is 221 g/mol. The third-order valence-electron chi connectivity index (χ3n) is 1.89. The minimum absolute atomic E-state index is 0.183. The van der Waals surface area contributed by atoms with Crippen LogP contribution in [-0.2, 0) is 23.2 Å². The Morgan fingerprint density at radius 1 is 1.50 bits per heavy atom. The SMILES string of the molecule is Cn1nccc1CNC(=O)C(=O)NCC#N. The van der Waals surface area contributed by atoms with Crippen LogP contribution >= 0.6 is 0 Å². The fourth-order valence-corrected chi connectivity index (χ4v) is 1.03. The van der Waals surface area contributed by atoms with Crippen molar-refractivity contribution in [3.63, 3.8) is 0 Å². The molecule has 16 heavy (non-hydrogen) atoms. The van der Waals surface area contributed by atoms with E-state index in [0.29, 0.717) is 0 Å². The first kappa shape index (κ1) is 11.7. The van der Waals surface area contributed by atoms with Crippen molar-refractivity contribution >= 4 is 11.8 Å². The highest BCUT2D eigenvalue weighted by Crippen LogP contribution is 1.94. The molecule has 0 aromatic carbocycles. The molecule has 1 aromatic heterocycles. The molecule has 0 aliphatic rings. The summed E-state index contributed by atoms with van der Waals surface area (Å²) in [4.78, 5) is 22.2. The van der Waals surface area contributed by atoms with Crippen molar-refractivity contribution in [3.8, 4) is 6.07 Å². The van der Waals surface area contributed by atoms with E-state index in [1.807, 2.05) is 0 Å². The van der Waals surface area contributed by atoms with Crippen molar-refractivity contribution in [1.82, 2.24) is 20.4 Å². The number of nitriles is 1. The molecule has 0 saturated carbocycles. The van der Waals surface area contributed by atoms with Crippen LogP contribution in [0.4, 0.5) is 0 Å². The van der Waals surface area contributed by atoms with E-state index in [0.717, 1.165) is 5.69 Å². The van der Waals surface area contributed by atoms with E-state index in [-0.39, 0.29) is 13.1 Å². The third kappa shape index (κ3) is 3.09. The van der Waals surface area contributed by atoms with Gasteiger partial charge < -0.3 is 10.6 Å². The maximum Gasteiger partial charge on any atom is 0.310 e. The van der Waals surface area contributed by atoms with Crippen LogP contribution < -0.4 is 10.6 Å². The van der Waals surface area contributed by atoms with Gasteiger partial charge in [0.05, 0.1) is 18.3 Å². The van der Waals surface area contributed by atoms with Gasteiger partial charge in [0.2, 0.25) is 0 Å². The van der Waals surface area contributed by atoms with Crippen molar-refractivity contribution < 1.29 is 9.59 Å². The number of aryl methyl sites for hydroxylation is 1. The van der Waals surface area contributed by atoms with E-state index in [2.05, 4.69) is 15.7 Å². The van der Waals surface area contributed by atoms with Gasteiger partial charge in [-0.3, -0.25) is 14.3 Å². The molecule has 2 N–H and O–H groups in total. The third-order valence-corrected chi connectivity index (χ3v) is 1.89. The topological polar surface area (TPSA) is 99.8 Å². The van der Waals surface area contributed by atoms with E-state index in [4.69, 9.17) is 5.26 Å². The lowest BCUT2D eigenvalue weighted by atomic mass is 10.4. The molecule has 0 atom stereocenters. The number of hydrogen-bond acceptors (Lipinski definition) is 4. The second-order valence-corrected chi connectivity index (χ2v) is 2.97. The van der Waals surface area contributed by atoms with Crippen LogP contribution in [0.15, 0.2) is 12.3 Å². The molecule has 1 heterocycles. The van der Waals surface area contributed by atoms with Crippen molar-refractivity contribution in [3.05, 3.63) is 18.0 Å². The molecule has 0 radical (unpaired) electrons. The molecule has 0 spiro atoms. The van der Waals surface area contributed by atoms with E-state index in [1.54, 1.807) is 30.1 Å². The first-order valence-corrected chi connectivity index (χ1v) is 4.55. The van der Waals surface area contributed by atoms with Gasteiger partial charge in [-0.1, -0.05) is 0 Å². The Balaban J connectivity index is 2.39. The zero-order valence-corrected chi connectivity index (χ0v) is 8.73. The predicted molar refractivity (Wildman–Crippen MR) is 53.7 cm³/mol. The van der Waals surface area contributed by atoms with Crippen LogP contribution in [0.1, 0.15) is 5.69 Å². The Hall–Kier alpha value is -2.36. The maximum absolute atomic E-state index is 11.2. The number of rotatable bonds is 3. The van der Waals surface area contributed by atoms with Crippen molar-refractivity contribution in [2.75, 3.05) is 6.54 Å². The minimum Gasteiger partial charge on any atom is -0.342 e. The Bertz CT molecular complexity index is 431. The van der Waals surface area contributed by atoms with Crippen molar-refractivity contribution in [2.45, 2.75) is 6.54 Å². The molecule has 0 aliphatic carbocycles. The average Bonchev–Trinajstić information content (AvgIpc) is 2.68. The van der Waals surface area contributed by atoms with Gasteiger partial charge in [0.15, 0.2) is 0 Å². The first-order valence-electron chi connectivity index (χ1n) is 4.55. The zero-order valence-electron chi connectivity index (χ0n) is 8.73. The summed E-state index contributed by atoms with van der Waals surface area (Å²) in [6, 6.07) is 3.44. The lowest BCUT2D eigenvalue weighted by Gasteiger charge is -2.04. The zero-order chi connectivity index (χ0) is 12.0. The molecule has 0 aliphatic heterocycles. The smallest absolute Gasteiger partial charge is 0.310 e. The van der Waals surface area contributed by atoms with Gasteiger partial charge in [-0.2, -0.15) is 10.4 Å². The maximum atomic E-state index is 11.2. The number of nitrogens with zero attached hydrogens (tertiary/aromatic N) is 3. The largest absolute Gasteiger partial charge is 0.342 e. The molecular formula is C9H11N5O2. The highest BCUT2D eigenvalue weighted by molar-refractivity contribution is 6.35. The van der Waals surface area contributed by atoms with Gasteiger partial charge in [0, 0.05) is 13.2 Å². The Labute approximate surface area is 92.0 Å². The molecule has 0 fully saturated rings. The van der Waals surface area contributed by atoms with Gasteiger partial charge in [-0.25, -0.2) is 0 Å². The molecule has 1 rings (SSSR count). The first-order chi connectivity index (χ1) is 7.65. The van der Waals surface area contributed by atoms with E-state index >= 15 is 0 Å². The lowest BCUT2D eigenvalue weighted by Crippen LogP contribution is -2.39. The van der Waals surface area contributed by atoms with Gasteiger partial charge in [0.25, 0.3) is 0 Å².